The standard InChI is InChI=1S/C14H21N3O3/c1-2-7-16-14(19)10-17-13(18)6-8-20-12-5-3-4-11(15)9-12/h3-5,9H,2,6-8,10,15H2,1H3,(H,16,19)(H,17,18). The number of nitrogens with one attached hydrogen (secondary N) is 2. The maximum absolute atomic E-state index is 11.5. The molecule has 0 fully saturated rings. The van der Waals surface area contributed by atoms with Crippen LogP contribution in [0.2, 0.25) is 0 Å². The van der Waals surface area contributed by atoms with Crippen LogP contribution >= 0.6 is 0 Å². The van der Waals surface area contributed by atoms with Gasteiger partial charge in [0.25, 0.3) is 0 Å². The third kappa shape index (κ3) is 6.63. The molecule has 2 amide bonds. The molecule has 6 nitrogen and oxygen atoms in total. The molecular formula is C14H21N3O3. The van der Waals surface area contributed by atoms with Gasteiger partial charge in [0.15, 0.2) is 0 Å². The number of rotatable bonds is 8. The van der Waals surface area contributed by atoms with E-state index < -0.39 is 0 Å². The Kier molecular flexibility index (Phi) is 6.95. The fourth-order valence-electron chi connectivity index (χ4n) is 1.46. The first-order valence-corrected chi connectivity index (χ1v) is 6.63. The third-order valence-electron chi connectivity index (χ3n) is 2.47. The molecule has 1 rings (SSSR count). The molecule has 0 spiro atoms. The second-order valence-electron chi connectivity index (χ2n) is 4.30. The first-order chi connectivity index (χ1) is 9.61. The van der Waals surface area contributed by atoms with Gasteiger partial charge in [0.05, 0.1) is 19.6 Å². The topological polar surface area (TPSA) is 93.5 Å². The monoisotopic (exact) mass is 279 g/mol. The summed E-state index contributed by atoms with van der Waals surface area (Å²) >= 11 is 0. The Morgan fingerprint density at radius 1 is 1.25 bits per heavy atom. The Morgan fingerprint density at radius 3 is 2.75 bits per heavy atom. The van der Waals surface area contributed by atoms with Crippen molar-refractivity contribution < 1.29 is 14.3 Å². The van der Waals surface area contributed by atoms with Crippen LogP contribution < -0.4 is 21.1 Å². The van der Waals surface area contributed by atoms with Crippen LogP contribution in [-0.2, 0) is 9.59 Å². The van der Waals surface area contributed by atoms with Crippen LogP contribution in [0.25, 0.3) is 0 Å². The van der Waals surface area contributed by atoms with Crippen molar-refractivity contribution in [3.05, 3.63) is 24.3 Å². The predicted octanol–water partition coefficient (Wildman–Crippen LogP) is 0.680. The SMILES string of the molecule is CCCNC(=O)CNC(=O)CCOc1cccc(N)c1. The lowest BCUT2D eigenvalue weighted by atomic mass is 10.3. The van der Waals surface area contributed by atoms with Gasteiger partial charge in [-0.2, -0.15) is 0 Å². The van der Waals surface area contributed by atoms with Gasteiger partial charge in [0.1, 0.15) is 5.75 Å². The van der Waals surface area contributed by atoms with Gasteiger partial charge in [0.2, 0.25) is 11.8 Å². The molecule has 20 heavy (non-hydrogen) atoms. The Balaban J connectivity index is 2.15. The summed E-state index contributed by atoms with van der Waals surface area (Å²) in [5.74, 6) is 0.219. The molecule has 0 bridgehead atoms. The predicted molar refractivity (Wildman–Crippen MR) is 77.3 cm³/mol. The van der Waals surface area contributed by atoms with E-state index in [2.05, 4.69) is 10.6 Å². The summed E-state index contributed by atoms with van der Waals surface area (Å²) in [6.45, 7) is 2.82. The van der Waals surface area contributed by atoms with Crippen molar-refractivity contribution in [1.29, 1.82) is 0 Å². The minimum absolute atomic E-state index is 0.00286. The Labute approximate surface area is 118 Å². The highest BCUT2D eigenvalue weighted by Gasteiger charge is 2.05. The van der Waals surface area contributed by atoms with Gasteiger partial charge in [-0.3, -0.25) is 9.59 Å². The van der Waals surface area contributed by atoms with Crippen molar-refractivity contribution in [1.82, 2.24) is 10.6 Å². The van der Waals surface area contributed by atoms with E-state index in [4.69, 9.17) is 10.5 Å². The van der Waals surface area contributed by atoms with E-state index in [0.717, 1.165) is 6.42 Å². The number of amides is 2. The average Bonchev–Trinajstić information content (AvgIpc) is 2.43. The number of nitrogens with two attached hydrogens (primary N) is 1. The molecule has 0 heterocycles. The molecule has 0 unspecified atom stereocenters. The Morgan fingerprint density at radius 2 is 2.05 bits per heavy atom. The van der Waals surface area contributed by atoms with Crippen LogP contribution in [0.15, 0.2) is 24.3 Å². The normalized spacial score (nSPS) is 9.85. The molecule has 0 atom stereocenters. The summed E-state index contributed by atoms with van der Waals surface area (Å²) in [4.78, 5) is 22.8. The smallest absolute Gasteiger partial charge is 0.239 e. The molecule has 1 aromatic carbocycles. The quantitative estimate of drug-likeness (QED) is 0.610. The zero-order valence-electron chi connectivity index (χ0n) is 11.6. The van der Waals surface area contributed by atoms with Crippen LogP contribution in [0, 0.1) is 0 Å². The molecule has 0 aliphatic heterocycles. The van der Waals surface area contributed by atoms with Crippen LogP contribution in [0.1, 0.15) is 19.8 Å². The fraction of sp³-hybridized carbons (Fsp3) is 0.429. The second-order valence-corrected chi connectivity index (χ2v) is 4.30. The molecule has 0 aromatic heterocycles. The van der Waals surface area contributed by atoms with Gasteiger partial charge < -0.3 is 21.1 Å². The second kappa shape index (κ2) is 8.79. The first-order valence-electron chi connectivity index (χ1n) is 6.63. The molecule has 0 saturated heterocycles. The van der Waals surface area contributed by atoms with E-state index in [9.17, 15) is 9.59 Å². The minimum Gasteiger partial charge on any atom is -0.493 e. The fourth-order valence-corrected chi connectivity index (χ4v) is 1.46. The largest absolute Gasteiger partial charge is 0.493 e. The van der Waals surface area contributed by atoms with Gasteiger partial charge in [-0.05, 0) is 18.6 Å². The maximum Gasteiger partial charge on any atom is 0.239 e. The zero-order chi connectivity index (χ0) is 14.8. The van der Waals surface area contributed by atoms with Gasteiger partial charge in [0, 0.05) is 18.3 Å². The number of hydrogen-bond acceptors (Lipinski definition) is 4. The molecule has 4 N–H and O–H groups in total. The maximum atomic E-state index is 11.5. The Hall–Kier alpha value is -2.24. The van der Waals surface area contributed by atoms with E-state index in [0.29, 0.717) is 18.0 Å². The van der Waals surface area contributed by atoms with Crippen LogP contribution in [0.4, 0.5) is 5.69 Å². The molecule has 0 aliphatic carbocycles. The van der Waals surface area contributed by atoms with E-state index in [1.807, 2.05) is 6.92 Å². The number of ether oxygens (including phenoxy) is 1. The summed E-state index contributed by atoms with van der Waals surface area (Å²) in [6.07, 6.45) is 1.06. The summed E-state index contributed by atoms with van der Waals surface area (Å²) in [6, 6.07) is 7.00. The molecule has 0 radical (unpaired) electrons. The molecule has 0 saturated carbocycles. The number of benzene rings is 1. The highest BCUT2D eigenvalue weighted by Crippen LogP contribution is 2.14. The highest BCUT2D eigenvalue weighted by atomic mass is 16.5. The summed E-state index contributed by atoms with van der Waals surface area (Å²) in [5, 5.41) is 5.21. The minimum atomic E-state index is -0.222. The van der Waals surface area contributed by atoms with Crippen molar-refractivity contribution in [2.75, 3.05) is 25.4 Å². The van der Waals surface area contributed by atoms with E-state index in [1.54, 1.807) is 24.3 Å². The summed E-state index contributed by atoms with van der Waals surface area (Å²) in [7, 11) is 0. The van der Waals surface area contributed by atoms with E-state index in [-0.39, 0.29) is 31.4 Å². The summed E-state index contributed by atoms with van der Waals surface area (Å²) < 4.78 is 5.39. The van der Waals surface area contributed by atoms with Crippen LogP contribution in [-0.4, -0.2) is 31.5 Å². The third-order valence-corrected chi connectivity index (χ3v) is 2.47. The molecule has 110 valence electrons. The van der Waals surface area contributed by atoms with Gasteiger partial charge in [-0.1, -0.05) is 13.0 Å². The lowest BCUT2D eigenvalue weighted by Crippen LogP contribution is -2.37. The van der Waals surface area contributed by atoms with Crippen molar-refractivity contribution in [2.24, 2.45) is 0 Å². The number of hydrogen-bond donors (Lipinski definition) is 3. The van der Waals surface area contributed by atoms with Crippen LogP contribution in [0.3, 0.4) is 0 Å². The number of carbonyl (C=O) groups excluding carboxylic acids is 2. The van der Waals surface area contributed by atoms with Gasteiger partial charge in [-0.25, -0.2) is 0 Å². The number of anilines is 1. The molecule has 6 heteroatoms. The van der Waals surface area contributed by atoms with Crippen molar-refractivity contribution in [2.45, 2.75) is 19.8 Å². The summed E-state index contributed by atoms with van der Waals surface area (Å²) in [5.41, 5.74) is 6.22. The average molecular weight is 279 g/mol. The lowest BCUT2D eigenvalue weighted by Gasteiger charge is -2.08. The van der Waals surface area contributed by atoms with Crippen molar-refractivity contribution >= 4 is 17.5 Å². The van der Waals surface area contributed by atoms with Gasteiger partial charge >= 0.3 is 0 Å². The number of nitrogen functional groups attached to an aromatic ring is 1. The molecule has 0 aliphatic rings. The first kappa shape index (κ1) is 15.8. The van der Waals surface area contributed by atoms with Gasteiger partial charge in [-0.15, -0.1) is 0 Å². The molecule has 1 aromatic rings. The van der Waals surface area contributed by atoms with Crippen LogP contribution in [0.5, 0.6) is 5.75 Å². The van der Waals surface area contributed by atoms with Crippen molar-refractivity contribution in [3.63, 3.8) is 0 Å². The highest BCUT2D eigenvalue weighted by molar-refractivity contribution is 5.84. The van der Waals surface area contributed by atoms with Crippen molar-refractivity contribution in [3.8, 4) is 5.75 Å². The number of carbonyl (C=O) groups is 2. The van der Waals surface area contributed by atoms with E-state index in [1.165, 1.54) is 0 Å². The van der Waals surface area contributed by atoms with E-state index >= 15 is 0 Å². The molecular weight excluding hydrogens is 258 g/mol. The zero-order valence-corrected chi connectivity index (χ0v) is 11.6. The Bertz CT molecular complexity index is 449. The lowest BCUT2D eigenvalue weighted by molar-refractivity contribution is -0.126.